The third-order valence-corrected chi connectivity index (χ3v) is 8.85. The third-order valence-electron chi connectivity index (χ3n) is 8.85. The summed E-state index contributed by atoms with van der Waals surface area (Å²) in [5, 5.41) is 59.8. The van der Waals surface area contributed by atoms with Gasteiger partial charge in [0.1, 0.15) is 28.6 Å². The molecule has 2 aromatic carbocycles. The average Bonchev–Trinajstić information content (AvgIpc) is 3.02. The molecular formula is C32H37N3O12. The Balaban J connectivity index is 1.63. The van der Waals surface area contributed by atoms with Gasteiger partial charge in [-0.1, -0.05) is 12.1 Å². The molecule has 5 rings (SSSR count). The predicted octanol–water partition coefficient (Wildman–Crippen LogP) is 0.274. The normalized spacial score (nSPS) is 27.0. The van der Waals surface area contributed by atoms with Crippen LogP contribution in [0.2, 0.25) is 0 Å². The number of phenolic OH excluding ortho intramolecular Hbond substituents is 2. The Hall–Kier alpha value is -4.25. The van der Waals surface area contributed by atoms with E-state index in [1.54, 1.807) is 6.92 Å². The van der Waals surface area contributed by atoms with Crippen LogP contribution >= 0.6 is 0 Å². The van der Waals surface area contributed by atoms with Crippen molar-refractivity contribution in [2.45, 2.75) is 82.2 Å². The maximum atomic E-state index is 13.9. The highest BCUT2D eigenvalue weighted by molar-refractivity contribution is 6.31. The highest BCUT2D eigenvalue weighted by atomic mass is 16.7. The molecule has 3 aliphatic rings. The Morgan fingerprint density at radius 3 is 2.47 bits per heavy atom. The van der Waals surface area contributed by atoms with Crippen LogP contribution in [-0.2, 0) is 25.5 Å². The smallest absolute Gasteiger partial charge is 0.240 e. The molecule has 6 atom stereocenters. The summed E-state index contributed by atoms with van der Waals surface area (Å²) in [4.78, 5) is 51.2. The van der Waals surface area contributed by atoms with Gasteiger partial charge in [0.25, 0.3) is 0 Å². The fraction of sp³-hybridized carbons (Fsp3) is 0.469. The molecule has 0 spiro atoms. The van der Waals surface area contributed by atoms with E-state index < -0.39 is 95.8 Å². The van der Waals surface area contributed by atoms with Crippen LogP contribution in [0.15, 0.2) is 23.3 Å². The lowest BCUT2D eigenvalue weighted by molar-refractivity contribution is -0.245. The van der Waals surface area contributed by atoms with Crippen LogP contribution in [0, 0.1) is 0 Å². The molecule has 0 aromatic heterocycles. The number of carbonyl (C=O) groups is 4. The number of hydrazone groups is 1. The third kappa shape index (κ3) is 6.13. The summed E-state index contributed by atoms with van der Waals surface area (Å²) in [5.74, 6) is -3.77. The van der Waals surface area contributed by atoms with Crippen molar-refractivity contribution in [3.05, 3.63) is 51.6 Å². The number of ether oxygens (including phenoxy) is 3. The average molecular weight is 656 g/mol. The van der Waals surface area contributed by atoms with Gasteiger partial charge in [-0.3, -0.25) is 14.4 Å². The van der Waals surface area contributed by atoms with E-state index in [0.717, 1.165) is 0 Å². The Labute approximate surface area is 268 Å². The fourth-order valence-corrected chi connectivity index (χ4v) is 6.37. The van der Waals surface area contributed by atoms with E-state index in [0.29, 0.717) is 0 Å². The van der Waals surface area contributed by atoms with Gasteiger partial charge in [-0.15, -0.1) is 0 Å². The first kappa shape index (κ1) is 34.1. The highest BCUT2D eigenvalue weighted by Crippen LogP contribution is 2.52. The molecule has 6 unspecified atom stereocenters. The predicted molar refractivity (Wildman–Crippen MR) is 162 cm³/mol. The van der Waals surface area contributed by atoms with Crippen LogP contribution in [0.1, 0.15) is 88.6 Å². The van der Waals surface area contributed by atoms with Crippen molar-refractivity contribution in [3.63, 3.8) is 0 Å². The number of carbonyl (C=O) groups excluding carboxylic acids is 4. The highest BCUT2D eigenvalue weighted by Gasteiger charge is 2.49. The quantitative estimate of drug-likeness (QED) is 0.0931. The second-order valence-electron chi connectivity index (χ2n) is 12.0. The van der Waals surface area contributed by atoms with Crippen molar-refractivity contribution >= 4 is 29.0 Å². The molecule has 15 heteroatoms. The molecule has 0 radical (unpaired) electrons. The van der Waals surface area contributed by atoms with Gasteiger partial charge in [0, 0.05) is 54.8 Å². The van der Waals surface area contributed by atoms with E-state index in [9.17, 15) is 44.7 Å². The number of aromatic hydroxyl groups is 2. The number of benzene rings is 2. The van der Waals surface area contributed by atoms with E-state index in [2.05, 4.69) is 10.5 Å². The first-order chi connectivity index (χ1) is 22.2. The molecular weight excluding hydrogens is 618 g/mol. The maximum Gasteiger partial charge on any atom is 0.240 e. The molecule has 0 bridgehead atoms. The monoisotopic (exact) mass is 655 g/mol. The topological polar surface area (TPSA) is 248 Å². The molecule has 1 heterocycles. The lowest BCUT2D eigenvalue weighted by Gasteiger charge is -2.43. The number of phenols is 2. The van der Waals surface area contributed by atoms with Crippen LogP contribution in [0.5, 0.6) is 17.2 Å². The van der Waals surface area contributed by atoms with Crippen molar-refractivity contribution in [3.8, 4) is 17.2 Å². The minimum Gasteiger partial charge on any atom is -0.507 e. The summed E-state index contributed by atoms with van der Waals surface area (Å²) in [6, 6.07) is 3.58. The molecule has 1 amide bonds. The Morgan fingerprint density at radius 1 is 1.13 bits per heavy atom. The number of aliphatic hydroxyl groups excluding tert-OH is 2. The maximum absolute atomic E-state index is 13.9. The summed E-state index contributed by atoms with van der Waals surface area (Å²) in [7, 11) is 1.32. The van der Waals surface area contributed by atoms with E-state index in [-0.39, 0.29) is 58.8 Å². The van der Waals surface area contributed by atoms with Gasteiger partial charge in [0.2, 0.25) is 11.7 Å². The van der Waals surface area contributed by atoms with Crippen molar-refractivity contribution in [1.82, 2.24) is 5.43 Å². The summed E-state index contributed by atoms with van der Waals surface area (Å²) < 4.78 is 17.3. The van der Waals surface area contributed by atoms with Gasteiger partial charge in [-0.25, -0.2) is 5.43 Å². The summed E-state index contributed by atoms with van der Waals surface area (Å²) in [6.07, 6.45) is -5.48. The zero-order valence-corrected chi connectivity index (χ0v) is 26.0. The number of aliphatic hydroxyl groups is 3. The number of hydrogen-bond acceptors (Lipinski definition) is 14. The second kappa shape index (κ2) is 13.1. The van der Waals surface area contributed by atoms with E-state index in [1.165, 1.54) is 32.2 Å². The van der Waals surface area contributed by atoms with Gasteiger partial charge in [0.15, 0.2) is 12.1 Å². The lowest BCUT2D eigenvalue weighted by Crippen LogP contribution is -2.53. The molecule has 47 heavy (non-hydrogen) atoms. The van der Waals surface area contributed by atoms with Gasteiger partial charge in [-0.05, 0) is 19.9 Å². The number of rotatable bonds is 9. The molecule has 15 nitrogen and oxygen atoms in total. The summed E-state index contributed by atoms with van der Waals surface area (Å²) in [5.41, 5.74) is 4.33. The molecule has 8 N–H and O–H groups in total. The van der Waals surface area contributed by atoms with Crippen LogP contribution in [0.25, 0.3) is 0 Å². The van der Waals surface area contributed by atoms with Gasteiger partial charge >= 0.3 is 0 Å². The zero-order valence-electron chi connectivity index (χ0n) is 26.0. The van der Waals surface area contributed by atoms with Crippen LogP contribution in [-0.4, -0.2) is 98.4 Å². The Bertz CT molecular complexity index is 1660. The molecule has 0 saturated carbocycles. The number of amides is 1. The second-order valence-corrected chi connectivity index (χ2v) is 12.0. The number of ketones is 3. The lowest BCUT2D eigenvalue weighted by atomic mass is 9.71. The van der Waals surface area contributed by atoms with Gasteiger partial charge in [-0.2, -0.15) is 5.10 Å². The number of methoxy groups -OCH3 is 1. The van der Waals surface area contributed by atoms with Gasteiger partial charge < -0.3 is 50.3 Å². The minimum absolute atomic E-state index is 0.0113. The number of fused-ring (bicyclic) bond motifs is 3. The van der Waals surface area contributed by atoms with Gasteiger partial charge in [0.05, 0.1) is 54.4 Å². The molecule has 1 aliphatic heterocycles. The molecule has 1 saturated heterocycles. The molecule has 1 fully saturated rings. The summed E-state index contributed by atoms with van der Waals surface area (Å²) >= 11 is 0. The van der Waals surface area contributed by atoms with Crippen molar-refractivity contribution in [1.29, 1.82) is 0 Å². The number of Topliss-reactive ketones (excluding diaryl/α,β-unsaturated/α-hetero) is 1. The Morgan fingerprint density at radius 2 is 1.83 bits per heavy atom. The first-order valence-corrected chi connectivity index (χ1v) is 15.0. The molecule has 2 aromatic rings. The first-order valence-electron chi connectivity index (χ1n) is 15.0. The number of nitrogens with two attached hydrogens (primary N) is 1. The molecule has 252 valence electrons. The minimum atomic E-state index is -2.15. The molecule has 2 aliphatic carbocycles. The number of nitrogens with zero attached hydrogens (tertiary/aromatic N) is 1. The largest absolute Gasteiger partial charge is 0.507 e. The summed E-state index contributed by atoms with van der Waals surface area (Å²) in [6.45, 7) is 2.02. The van der Waals surface area contributed by atoms with Crippen molar-refractivity contribution in [2.75, 3.05) is 13.7 Å². The standard InChI is InChI=1S/C32H37N3O12/c1-13(37)7-8-21(38)35-34-20(12-36)32(44)10-16-24(19(11-32)47-22-9-17(33)27(39)14(2)46-22)31(43)26-25(29(16)41)28(40)15-5-4-6-18(45-3)23(15)30(26)42/h4-6,14,17,19,22,27,36,39,41,43-44H,7-12,33H2,1-3H3,(H,35,38)/b34-20+. The van der Waals surface area contributed by atoms with Crippen LogP contribution < -0.4 is 15.9 Å². The Kier molecular flexibility index (Phi) is 9.50. The number of nitrogens with one attached hydrogen (secondary N) is 1. The van der Waals surface area contributed by atoms with Crippen molar-refractivity contribution < 1.29 is 58.9 Å². The van der Waals surface area contributed by atoms with E-state index in [4.69, 9.17) is 19.9 Å². The van der Waals surface area contributed by atoms with E-state index in [1.807, 2.05) is 0 Å². The van der Waals surface area contributed by atoms with Crippen LogP contribution in [0.4, 0.5) is 0 Å². The zero-order chi connectivity index (χ0) is 34.4. The number of hydrogen-bond donors (Lipinski definition) is 7. The SMILES string of the molecule is COc1cccc2c1C(=O)c1c(O)c3c(c(O)c1C2=O)CC(O)(/C(CO)=N/NC(=O)CCC(C)=O)CC3OC1CC(N)C(O)C(C)O1. The van der Waals surface area contributed by atoms with Crippen LogP contribution in [0.3, 0.4) is 0 Å². The van der Waals surface area contributed by atoms with E-state index >= 15 is 0 Å². The van der Waals surface area contributed by atoms with Crippen molar-refractivity contribution in [2.24, 2.45) is 10.8 Å². The fourth-order valence-electron chi connectivity index (χ4n) is 6.37.